The SMILES string of the molecule is CS(=O)(=O)N1CCC[C@@H]1CNS(=O)(=O)C1COC1. The minimum atomic E-state index is -3.38. The fourth-order valence-electron chi connectivity index (χ4n) is 2.17. The van der Waals surface area contributed by atoms with Crippen LogP contribution in [0.3, 0.4) is 0 Å². The van der Waals surface area contributed by atoms with Crippen LogP contribution in [0, 0.1) is 0 Å². The highest BCUT2D eigenvalue weighted by Gasteiger charge is 2.35. The summed E-state index contributed by atoms with van der Waals surface area (Å²) in [6.07, 6.45) is 2.61. The Morgan fingerprint density at radius 1 is 1.28 bits per heavy atom. The molecule has 2 fully saturated rings. The smallest absolute Gasteiger partial charge is 0.219 e. The minimum absolute atomic E-state index is 0.145. The summed E-state index contributed by atoms with van der Waals surface area (Å²) in [5.41, 5.74) is 0. The van der Waals surface area contributed by atoms with E-state index < -0.39 is 25.3 Å². The Labute approximate surface area is 108 Å². The van der Waals surface area contributed by atoms with Gasteiger partial charge in [-0.2, -0.15) is 4.31 Å². The number of nitrogens with zero attached hydrogens (tertiary/aromatic N) is 1. The monoisotopic (exact) mass is 298 g/mol. The molecule has 0 spiro atoms. The molecule has 18 heavy (non-hydrogen) atoms. The molecular formula is C9H18N2O5S2. The van der Waals surface area contributed by atoms with Gasteiger partial charge in [-0.15, -0.1) is 0 Å². The van der Waals surface area contributed by atoms with Crippen LogP contribution in [0.5, 0.6) is 0 Å². The molecule has 9 heteroatoms. The lowest BCUT2D eigenvalue weighted by Gasteiger charge is -2.28. The van der Waals surface area contributed by atoms with Gasteiger partial charge in [-0.05, 0) is 12.8 Å². The summed E-state index contributed by atoms with van der Waals surface area (Å²) >= 11 is 0. The van der Waals surface area contributed by atoms with Crippen molar-refractivity contribution in [3.63, 3.8) is 0 Å². The first-order chi connectivity index (χ1) is 8.31. The van der Waals surface area contributed by atoms with Gasteiger partial charge in [-0.25, -0.2) is 21.6 Å². The molecule has 2 heterocycles. The van der Waals surface area contributed by atoms with E-state index in [4.69, 9.17) is 4.74 Å². The van der Waals surface area contributed by atoms with E-state index in [9.17, 15) is 16.8 Å². The molecule has 0 radical (unpaired) electrons. The van der Waals surface area contributed by atoms with Gasteiger partial charge in [0.25, 0.3) is 0 Å². The van der Waals surface area contributed by atoms with Crippen molar-refractivity contribution in [2.24, 2.45) is 0 Å². The van der Waals surface area contributed by atoms with Crippen molar-refractivity contribution >= 4 is 20.0 Å². The van der Waals surface area contributed by atoms with E-state index in [1.807, 2.05) is 0 Å². The molecule has 0 aromatic carbocycles. The van der Waals surface area contributed by atoms with E-state index >= 15 is 0 Å². The summed E-state index contributed by atoms with van der Waals surface area (Å²) in [4.78, 5) is 0. The lowest BCUT2D eigenvalue weighted by Crippen LogP contribution is -2.50. The molecule has 106 valence electrons. The van der Waals surface area contributed by atoms with Crippen molar-refractivity contribution in [1.82, 2.24) is 9.03 Å². The molecular weight excluding hydrogens is 280 g/mol. The van der Waals surface area contributed by atoms with Gasteiger partial charge in [0.1, 0.15) is 5.25 Å². The molecule has 1 N–H and O–H groups in total. The first kappa shape index (κ1) is 14.2. The van der Waals surface area contributed by atoms with Crippen LogP contribution in [-0.2, 0) is 24.8 Å². The van der Waals surface area contributed by atoms with Crippen LogP contribution >= 0.6 is 0 Å². The molecule has 0 amide bonds. The van der Waals surface area contributed by atoms with Gasteiger partial charge in [0, 0.05) is 19.1 Å². The van der Waals surface area contributed by atoms with E-state index in [0.717, 1.165) is 12.7 Å². The maximum Gasteiger partial charge on any atom is 0.219 e. The molecule has 0 aliphatic carbocycles. The molecule has 1 atom stereocenters. The molecule has 2 saturated heterocycles. The van der Waals surface area contributed by atoms with E-state index in [0.29, 0.717) is 13.0 Å². The standard InChI is InChI=1S/C9H18N2O5S2/c1-17(12,13)11-4-2-3-8(11)5-10-18(14,15)9-6-16-7-9/h8-10H,2-7H2,1H3/t8-/m1/s1. The topological polar surface area (TPSA) is 92.8 Å². The molecule has 2 rings (SSSR count). The summed E-state index contributed by atoms with van der Waals surface area (Å²) in [5.74, 6) is 0. The van der Waals surface area contributed by atoms with Crippen LogP contribution in [0.1, 0.15) is 12.8 Å². The fourth-order valence-corrected chi connectivity index (χ4v) is 4.57. The molecule has 2 aliphatic heterocycles. The molecule has 0 saturated carbocycles. The predicted molar refractivity (Wildman–Crippen MR) is 66.1 cm³/mol. The third-order valence-electron chi connectivity index (χ3n) is 3.32. The highest BCUT2D eigenvalue weighted by molar-refractivity contribution is 7.90. The predicted octanol–water partition coefficient (Wildman–Crippen LogP) is -1.27. The molecule has 2 aliphatic rings. The average molecular weight is 298 g/mol. The van der Waals surface area contributed by atoms with Gasteiger partial charge in [-0.3, -0.25) is 0 Å². The zero-order chi connectivity index (χ0) is 13.4. The summed E-state index contributed by atoms with van der Waals surface area (Å²) in [7, 11) is -6.63. The average Bonchev–Trinajstić information content (AvgIpc) is 2.57. The summed E-state index contributed by atoms with van der Waals surface area (Å²) in [6.45, 7) is 1.05. The van der Waals surface area contributed by atoms with Crippen molar-refractivity contribution in [1.29, 1.82) is 0 Å². The fraction of sp³-hybridized carbons (Fsp3) is 1.00. The Morgan fingerprint density at radius 2 is 1.94 bits per heavy atom. The lowest BCUT2D eigenvalue weighted by molar-refractivity contribution is 0.0411. The quantitative estimate of drug-likeness (QED) is 0.683. The normalized spacial score (nSPS) is 27.3. The zero-order valence-electron chi connectivity index (χ0n) is 10.2. The summed E-state index contributed by atoms with van der Waals surface area (Å²) < 4.78 is 55.2. The number of rotatable bonds is 5. The maximum absolute atomic E-state index is 11.8. The van der Waals surface area contributed by atoms with Crippen molar-refractivity contribution in [2.45, 2.75) is 24.1 Å². The second-order valence-electron chi connectivity index (χ2n) is 4.72. The largest absolute Gasteiger partial charge is 0.378 e. The number of sulfonamides is 2. The van der Waals surface area contributed by atoms with Crippen LogP contribution in [0.25, 0.3) is 0 Å². The number of hydrogen-bond donors (Lipinski definition) is 1. The Bertz CT molecular complexity index is 497. The van der Waals surface area contributed by atoms with Gasteiger partial charge in [0.2, 0.25) is 20.0 Å². The van der Waals surface area contributed by atoms with Gasteiger partial charge in [0.05, 0.1) is 19.5 Å². The highest BCUT2D eigenvalue weighted by Crippen LogP contribution is 2.20. The van der Waals surface area contributed by atoms with Crippen molar-refractivity contribution in [3.05, 3.63) is 0 Å². The highest BCUT2D eigenvalue weighted by atomic mass is 32.2. The molecule has 0 aromatic heterocycles. The molecule has 0 bridgehead atoms. The van der Waals surface area contributed by atoms with Crippen LogP contribution in [0.4, 0.5) is 0 Å². The van der Waals surface area contributed by atoms with Crippen LogP contribution in [-0.4, -0.2) is 65.0 Å². The number of ether oxygens (including phenoxy) is 1. The van der Waals surface area contributed by atoms with Crippen LogP contribution < -0.4 is 4.72 Å². The Morgan fingerprint density at radius 3 is 2.44 bits per heavy atom. The van der Waals surface area contributed by atoms with Crippen molar-refractivity contribution < 1.29 is 21.6 Å². The minimum Gasteiger partial charge on any atom is -0.378 e. The third-order valence-corrected chi connectivity index (χ3v) is 6.37. The molecule has 0 unspecified atom stereocenters. The van der Waals surface area contributed by atoms with E-state index in [1.165, 1.54) is 4.31 Å². The van der Waals surface area contributed by atoms with Gasteiger partial charge < -0.3 is 4.74 Å². The zero-order valence-corrected chi connectivity index (χ0v) is 11.8. The molecule has 7 nitrogen and oxygen atoms in total. The van der Waals surface area contributed by atoms with Crippen molar-refractivity contribution in [3.8, 4) is 0 Å². The Hall–Kier alpha value is -0.220. The first-order valence-electron chi connectivity index (χ1n) is 5.84. The van der Waals surface area contributed by atoms with Crippen LogP contribution in [0.2, 0.25) is 0 Å². The van der Waals surface area contributed by atoms with Gasteiger partial charge >= 0.3 is 0 Å². The Balaban J connectivity index is 1.93. The summed E-state index contributed by atoms with van der Waals surface area (Å²) in [5, 5.41) is -0.495. The third kappa shape index (κ3) is 3.02. The van der Waals surface area contributed by atoms with E-state index in [1.54, 1.807) is 0 Å². The maximum atomic E-state index is 11.8. The van der Waals surface area contributed by atoms with Crippen molar-refractivity contribution in [2.75, 3.05) is 32.6 Å². The second-order valence-corrected chi connectivity index (χ2v) is 8.70. The lowest BCUT2D eigenvalue weighted by atomic mass is 10.2. The number of hydrogen-bond acceptors (Lipinski definition) is 5. The Kier molecular flexibility index (Phi) is 3.98. The second kappa shape index (κ2) is 5.04. The molecule has 0 aromatic rings. The van der Waals surface area contributed by atoms with Crippen LogP contribution in [0.15, 0.2) is 0 Å². The van der Waals surface area contributed by atoms with Gasteiger partial charge in [0.15, 0.2) is 0 Å². The number of nitrogens with one attached hydrogen (secondary N) is 1. The van der Waals surface area contributed by atoms with Gasteiger partial charge in [-0.1, -0.05) is 0 Å². The first-order valence-corrected chi connectivity index (χ1v) is 9.23. The van der Waals surface area contributed by atoms with E-state index in [2.05, 4.69) is 4.72 Å². The van der Waals surface area contributed by atoms with E-state index in [-0.39, 0.29) is 25.8 Å². The summed E-state index contributed by atoms with van der Waals surface area (Å²) in [6, 6.07) is -0.268.